The molecule has 0 saturated carbocycles. The van der Waals surface area contributed by atoms with Crippen molar-refractivity contribution in [2.24, 2.45) is 5.10 Å². The van der Waals surface area contributed by atoms with Crippen molar-refractivity contribution in [3.05, 3.63) is 35.4 Å². The van der Waals surface area contributed by atoms with E-state index in [2.05, 4.69) is 34.8 Å². The maximum Gasteiger partial charge on any atom is 0.240 e. The Bertz CT molecular complexity index is 599. The number of hydrogen-bond donors (Lipinski definition) is 1. The normalized spacial score (nSPS) is 17.7. The van der Waals surface area contributed by atoms with Crippen LogP contribution in [-0.4, -0.2) is 35.5 Å². The summed E-state index contributed by atoms with van der Waals surface area (Å²) in [4.78, 5) is 25.3. The van der Waals surface area contributed by atoms with Gasteiger partial charge in [-0.1, -0.05) is 24.3 Å². The summed E-state index contributed by atoms with van der Waals surface area (Å²) in [6.45, 7) is 0. The van der Waals surface area contributed by atoms with Crippen molar-refractivity contribution in [2.45, 2.75) is 44.6 Å². The van der Waals surface area contributed by atoms with Crippen LogP contribution in [0.5, 0.6) is 0 Å². The minimum Gasteiger partial charge on any atom is -0.342 e. The number of rotatable bonds is 4. The Morgan fingerprint density at radius 2 is 1.95 bits per heavy atom. The van der Waals surface area contributed by atoms with Gasteiger partial charge in [0.25, 0.3) is 0 Å². The Hall–Kier alpha value is -2.17. The smallest absolute Gasteiger partial charge is 0.240 e. The van der Waals surface area contributed by atoms with Crippen molar-refractivity contribution < 1.29 is 9.59 Å². The second kappa shape index (κ2) is 6.30. The molecule has 2 aliphatic rings. The summed E-state index contributed by atoms with van der Waals surface area (Å²) < 4.78 is 0. The van der Waals surface area contributed by atoms with Gasteiger partial charge in [-0.05, 0) is 36.8 Å². The predicted octanol–water partition coefficient (Wildman–Crippen LogP) is 1.66. The summed E-state index contributed by atoms with van der Waals surface area (Å²) in [5, 5.41) is 4.02. The number of hydrazone groups is 1. The van der Waals surface area contributed by atoms with Crippen LogP contribution in [0.3, 0.4) is 0 Å². The number of likely N-dealkylation sites (N-methyl/N-ethyl adjacent to an activating group) is 1. The van der Waals surface area contributed by atoms with Gasteiger partial charge in [0.1, 0.15) is 0 Å². The van der Waals surface area contributed by atoms with E-state index in [0.717, 1.165) is 18.6 Å². The van der Waals surface area contributed by atoms with Crippen LogP contribution in [0, 0.1) is 0 Å². The van der Waals surface area contributed by atoms with Gasteiger partial charge in [0, 0.05) is 31.6 Å². The molecule has 0 saturated heterocycles. The molecule has 5 heteroatoms. The maximum absolute atomic E-state index is 12.4. The van der Waals surface area contributed by atoms with Gasteiger partial charge in [0.2, 0.25) is 11.8 Å². The van der Waals surface area contributed by atoms with Gasteiger partial charge < -0.3 is 4.90 Å². The Morgan fingerprint density at radius 3 is 2.55 bits per heavy atom. The molecule has 0 bridgehead atoms. The van der Waals surface area contributed by atoms with Crippen molar-refractivity contribution >= 4 is 17.5 Å². The lowest BCUT2D eigenvalue weighted by atomic mass is 10.1. The van der Waals surface area contributed by atoms with Gasteiger partial charge >= 0.3 is 0 Å². The SMILES string of the molecule is CN(C(=O)CCC1=NNC(=O)CC1)C1Cc2ccccc2C1. The summed E-state index contributed by atoms with van der Waals surface area (Å²) in [6.07, 6.45) is 4.10. The van der Waals surface area contributed by atoms with E-state index in [9.17, 15) is 9.59 Å². The van der Waals surface area contributed by atoms with E-state index < -0.39 is 0 Å². The molecule has 1 aliphatic carbocycles. The number of carbonyl (C=O) groups is 2. The molecule has 0 atom stereocenters. The molecule has 1 heterocycles. The summed E-state index contributed by atoms with van der Waals surface area (Å²) in [5.41, 5.74) is 6.10. The highest BCUT2D eigenvalue weighted by Crippen LogP contribution is 2.25. The Morgan fingerprint density at radius 1 is 1.27 bits per heavy atom. The molecule has 1 aromatic carbocycles. The molecular weight excluding hydrogens is 278 g/mol. The lowest BCUT2D eigenvalue weighted by Crippen LogP contribution is -2.38. The van der Waals surface area contributed by atoms with Crippen molar-refractivity contribution in [1.82, 2.24) is 10.3 Å². The van der Waals surface area contributed by atoms with Gasteiger partial charge in [-0.25, -0.2) is 5.43 Å². The Labute approximate surface area is 130 Å². The monoisotopic (exact) mass is 299 g/mol. The van der Waals surface area contributed by atoms with Crippen molar-refractivity contribution in [2.75, 3.05) is 7.05 Å². The first kappa shape index (κ1) is 14.8. The highest BCUT2D eigenvalue weighted by molar-refractivity contribution is 5.94. The van der Waals surface area contributed by atoms with Gasteiger partial charge in [0.15, 0.2) is 0 Å². The van der Waals surface area contributed by atoms with Crippen LogP contribution in [0.2, 0.25) is 0 Å². The minimum atomic E-state index is -0.0454. The fourth-order valence-electron chi connectivity index (χ4n) is 3.13. The van der Waals surface area contributed by atoms with Gasteiger partial charge in [-0.2, -0.15) is 5.10 Å². The molecule has 1 aliphatic heterocycles. The van der Waals surface area contributed by atoms with E-state index in [4.69, 9.17) is 0 Å². The summed E-state index contributed by atoms with van der Waals surface area (Å²) in [7, 11) is 1.89. The minimum absolute atomic E-state index is 0.0454. The van der Waals surface area contributed by atoms with Crippen LogP contribution >= 0.6 is 0 Å². The van der Waals surface area contributed by atoms with Crippen molar-refractivity contribution in [3.8, 4) is 0 Å². The molecule has 2 amide bonds. The molecule has 5 nitrogen and oxygen atoms in total. The summed E-state index contributed by atoms with van der Waals surface area (Å²) in [5.74, 6) is 0.105. The largest absolute Gasteiger partial charge is 0.342 e. The van der Waals surface area contributed by atoms with Crippen LogP contribution in [0.4, 0.5) is 0 Å². The number of hydrogen-bond acceptors (Lipinski definition) is 3. The Kier molecular flexibility index (Phi) is 4.22. The third-order valence-corrected chi connectivity index (χ3v) is 4.58. The molecule has 22 heavy (non-hydrogen) atoms. The summed E-state index contributed by atoms with van der Waals surface area (Å²) in [6, 6.07) is 8.66. The molecule has 1 aromatic rings. The molecule has 0 spiro atoms. The van der Waals surface area contributed by atoms with Crippen molar-refractivity contribution in [1.29, 1.82) is 0 Å². The van der Waals surface area contributed by atoms with E-state index in [-0.39, 0.29) is 17.9 Å². The summed E-state index contributed by atoms with van der Waals surface area (Å²) >= 11 is 0. The molecule has 0 radical (unpaired) electrons. The van der Waals surface area contributed by atoms with E-state index in [0.29, 0.717) is 25.7 Å². The first-order valence-corrected chi connectivity index (χ1v) is 7.80. The average molecular weight is 299 g/mol. The van der Waals surface area contributed by atoms with Crippen LogP contribution in [0.1, 0.15) is 36.8 Å². The van der Waals surface area contributed by atoms with E-state index >= 15 is 0 Å². The zero-order chi connectivity index (χ0) is 15.5. The molecule has 116 valence electrons. The van der Waals surface area contributed by atoms with E-state index in [1.165, 1.54) is 11.1 Å². The third-order valence-electron chi connectivity index (χ3n) is 4.58. The number of nitrogens with one attached hydrogen (secondary N) is 1. The zero-order valence-corrected chi connectivity index (χ0v) is 12.8. The zero-order valence-electron chi connectivity index (χ0n) is 12.8. The van der Waals surface area contributed by atoms with E-state index in [1.54, 1.807) is 0 Å². The third kappa shape index (κ3) is 3.18. The standard InChI is InChI=1S/C17H21N3O2/c1-20(15-10-12-4-2-3-5-13(12)11-15)17(22)9-7-14-6-8-16(21)19-18-14/h2-5,15H,6-11H2,1H3,(H,19,21). The van der Waals surface area contributed by atoms with Gasteiger partial charge in [-0.15, -0.1) is 0 Å². The molecular formula is C17H21N3O2. The predicted molar refractivity (Wildman–Crippen MR) is 84.5 cm³/mol. The highest BCUT2D eigenvalue weighted by atomic mass is 16.2. The second-order valence-electron chi connectivity index (χ2n) is 6.05. The first-order valence-electron chi connectivity index (χ1n) is 7.80. The topological polar surface area (TPSA) is 61.8 Å². The van der Waals surface area contributed by atoms with Gasteiger partial charge in [-0.3, -0.25) is 9.59 Å². The quantitative estimate of drug-likeness (QED) is 0.919. The number of carbonyl (C=O) groups excluding carboxylic acids is 2. The fourth-order valence-corrected chi connectivity index (χ4v) is 3.13. The number of fused-ring (bicyclic) bond motifs is 1. The molecule has 0 aromatic heterocycles. The lowest BCUT2D eigenvalue weighted by Gasteiger charge is -2.24. The van der Waals surface area contributed by atoms with Crippen LogP contribution in [-0.2, 0) is 22.4 Å². The van der Waals surface area contributed by atoms with E-state index in [1.807, 2.05) is 11.9 Å². The molecule has 0 fully saturated rings. The van der Waals surface area contributed by atoms with Crippen LogP contribution < -0.4 is 5.43 Å². The van der Waals surface area contributed by atoms with Crippen molar-refractivity contribution in [3.63, 3.8) is 0 Å². The molecule has 3 rings (SSSR count). The average Bonchev–Trinajstić information content (AvgIpc) is 2.97. The number of nitrogens with zero attached hydrogens (tertiary/aromatic N) is 2. The Balaban J connectivity index is 1.52. The lowest BCUT2D eigenvalue weighted by molar-refractivity contribution is -0.131. The van der Waals surface area contributed by atoms with Gasteiger partial charge in [0.05, 0.1) is 0 Å². The van der Waals surface area contributed by atoms with Crippen LogP contribution in [0.25, 0.3) is 0 Å². The maximum atomic E-state index is 12.4. The fraction of sp³-hybridized carbons (Fsp3) is 0.471. The number of amides is 2. The highest BCUT2D eigenvalue weighted by Gasteiger charge is 2.27. The van der Waals surface area contributed by atoms with Crippen LogP contribution in [0.15, 0.2) is 29.4 Å². The molecule has 0 unspecified atom stereocenters. The molecule has 1 N–H and O–H groups in total. The first-order chi connectivity index (χ1) is 10.6. The number of benzene rings is 1. The second-order valence-corrected chi connectivity index (χ2v) is 6.05.